The highest BCUT2D eigenvalue weighted by molar-refractivity contribution is 7.11. The molecule has 1 amide bonds. The Bertz CT molecular complexity index is 602. The zero-order valence-corrected chi connectivity index (χ0v) is 14.9. The number of hydrogen-bond donors (Lipinski definition) is 0. The van der Waals surface area contributed by atoms with Crippen LogP contribution < -0.4 is 0 Å². The number of carbonyl (C=O) groups excluding carboxylic acids is 2. The lowest BCUT2D eigenvalue weighted by Gasteiger charge is -2.31. The van der Waals surface area contributed by atoms with Gasteiger partial charge >= 0.3 is 12.1 Å². The molecule has 23 heavy (non-hydrogen) atoms. The van der Waals surface area contributed by atoms with Crippen molar-refractivity contribution in [3.63, 3.8) is 0 Å². The summed E-state index contributed by atoms with van der Waals surface area (Å²) >= 11 is 1.52. The van der Waals surface area contributed by atoms with Crippen molar-refractivity contribution < 1.29 is 19.1 Å². The maximum atomic E-state index is 12.0. The van der Waals surface area contributed by atoms with Gasteiger partial charge in [-0.3, -0.25) is 0 Å². The number of carbonyl (C=O) groups is 2. The summed E-state index contributed by atoms with van der Waals surface area (Å²) in [5.41, 5.74) is 1.40. The second-order valence-corrected chi connectivity index (χ2v) is 7.44. The molecule has 1 aromatic heterocycles. The van der Waals surface area contributed by atoms with E-state index >= 15 is 0 Å². The number of rotatable bonds is 2. The first-order valence-corrected chi connectivity index (χ1v) is 8.50. The van der Waals surface area contributed by atoms with Gasteiger partial charge in [-0.05, 0) is 45.8 Å². The number of nitrogens with zero attached hydrogens (tertiary/aromatic N) is 1. The van der Waals surface area contributed by atoms with Crippen molar-refractivity contribution in [2.75, 3.05) is 20.2 Å². The zero-order chi connectivity index (χ0) is 17.0. The van der Waals surface area contributed by atoms with Crippen molar-refractivity contribution in [2.24, 2.45) is 0 Å². The normalized spacial score (nSPS) is 15.3. The van der Waals surface area contributed by atoms with Crippen LogP contribution in [0.2, 0.25) is 0 Å². The Kier molecular flexibility index (Phi) is 5.46. The van der Waals surface area contributed by atoms with Gasteiger partial charge in [0.2, 0.25) is 0 Å². The molecule has 0 spiro atoms. The molecule has 1 saturated heterocycles. The van der Waals surface area contributed by atoms with Crippen molar-refractivity contribution in [3.05, 3.63) is 27.5 Å². The van der Waals surface area contributed by atoms with E-state index in [2.05, 4.69) is 6.08 Å². The van der Waals surface area contributed by atoms with Gasteiger partial charge in [-0.15, -0.1) is 11.3 Å². The van der Waals surface area contributed by atoms with Gasteiger partial charge in [-0.1, -0.05) is 5.57 Å². The van der Waals surface area contributed by atoms with Crippen LogP contribution in [0.3, 0.4) is 0 Å². The van der Waals surface area contributed by atoms with Crippen LogP contribution in [0.5, 0.6) is 0 Å². The molecule has 5 nitrogen and oxygen atoms in total. The van der Waals surface area contributed by atoms with Crippen LogP contribution in [0.4, 0.5) is 4.79 Å². The third kappa shape index (κ3) is 5.10. The van der Waals surface area contributed by atoms with Crippen LogP contribution in [-0.2, 0) is 9.47 Å². The van der Waals surface area contributed by atoms with Gasteiger partial charge in [-0.25, -0.2) is 9.59 Å². The minimum atomic E-state index is -0.464. The number of ether oxygens (including phenoxy) is 2. The van der Waals surface area contributed by atoms with Gasteiger partial charge in [0.1, 0.15) is 5.60 Å². The summed E-state index contributed by atoms with van der Waals surface area (Å²) in [6.45, 7) is 6.94. The lowest BCUT2D eigenvalue weighted by atomic mass is 10.0. The van der Waals surface area contributed by atoms with Crippen LogP contribution in [-0.4, -0.2) is 42.8 Å². The molecule has 0 bridgehead atoms. The van der Waals surface area contributed by atoms with Crippen molar-refractivity contribution in [1.29, 1.82) is 0 Å². The molecule has 2 heterocycles. The number of thiophene rings is 1. The summed E-state index contributed by atoms with van der Waals surface area (Å²) in [6, 6.07) is 1.84. The molecule has 2 rings (SSSR count). The summed E-state index contributed by atoms with van der Waals surface area (Å²) in [7, 11) is 1.38. The molecule has 1 aliphatic heterocycles. The largest absolute Gasteiger partial charge is 0.465 e. The van der Waals surface area contributed by atoms with E-state index in [1.54, 1.807) is 10.3 Å². The molecule has 0 saturated carbocycles. The van der Waals surface area contributed by atoms with E-state index in [9.17, 15) is 9.59 Å². The minimum absolute atomic E-state index is 0.249. The molecule has 0 aromatic carbocycles. The molecule has 0 N–H and O–H groups in total. The predicted molar refractivity (Wildman–Crippen MR) is 90.7 cm³/mol. The molecule has 0 unspecified atom stereocenters. The third-order valence-electron chi connectivity index (χ3n) is 3.44. The smallest absolute Gasteiger partial charge is 0.410 e. The highest BCUT2D eigenvalue weighted by atomic mass is 32.1. The molecular weight excluding hydrogens is 314 g/mol. The fourth-order valence-corrected chi connectivity index (χ4v) is 3.16. The lowest BCUT2D eigenvalue weighted by molar-refractivity contribution is 0.0236. The summed E-state index contributed by atoms with van der Waals surface area (Å²) in [6.07, 6.45) is 3.50. The standard InChI is InChI=1S/C17H23NO4S/c1-17(2,3)22-16(20)18-7-5-12(6-8-18)9-14-10-13(11-23-14)15(19)21-4/h9-11H,5-8H2,1-4H3. The average Bonchev–Trinajstić information content (AvgIpc) is 2.94. The fourth-order valence-electron chi connectivity index (χ4n) is 2.30. The van der Waals surface area contributed by atoms with E-state index in [4.69, 9.17) is 9.47 Å². The second kappa shape index (κ2) is 7.17. The topological polar surface area (TPSA) is 55.8 Å². The van der Waals surface area contributed by atoms with Gasteiger partial charge in [0.05, 0.1) is 12.7 Å². The van der Waals surface area contributed by atoms with Crippen LogP contribution in [0, 0.1) is 0 Å². The summed E-state index contributed by atoms with van der Waals surface area (Å²) < 4.78 is 10.1. The zero-order valence-electron chi connectivity index (χ0n) is 14.0. The Hall–Kier alpha value is -1.82. The number of methoxy groups -OCH3 is 1. The van der Waals surface area contributed by atoms with Crippen molar-refractivity contribution in [2.45, 2.75) is 39.2 Å². The van der Waals surface area contributed by atoms with Crippen LogP contribution in [0.25, 0.3) is 6.08 Å². The molecule has 6 heteroatoms. The van der Waals surface area contributed by atoms with Crippen LogP contribution >= 0.6 is 11.3 Å². The Morgan fingerprint density at radius 3 is 2.48 bits per heavy atom. The number of piperidine rings is 1. The van der Waals surface area contributed by atoms with E-state index < -0.39 is 5.60 Å². The highest BCUT2D eigenvalue weighted by Gasteiger charge is 2.24. The van der Waals surface area contributed by atoms with E-state index in [0.29, 0.717) is 18.7 Å². The molecule has 0 aliphatic carbocycles. The molecule has 126 valence electrons. The number of hydrogen-bond acceptors (Lipinski definition) is 5. The van der Waals surface area contributed by atoms with E-state index in [0.717, 1.165) is 17.7 Å². The summed E-state index contributed by atoms with van der Waals surface area (Å²) in [5.74, 6) is -0.314. The molecule has 0 atom stereocenters. The third-order valence-corrected chi connectivity index (χ3v) is 4.32. The number of amides is 1. The van der Waals surface area contributed by atoms with Gasteiger partial charge in [-0.2, -0.15) is 0 Å². The van der Waals surface area contributed by atoms with E-state index in [1.165, 1.54) is 24.0 Å². The van der Waals surface area contributed by atoms with E-state index in [-0.39, 0.29) is 12.1 Å². The maximum Gasteiger partial charge on any atom is 0.410 e. The lowest BCUT2D eigenvalue weighted by Crippen LogP contribution is -2.40. The summed E-state index contributed by atoms with van der Waals surface area (Å²) in [4.78, 5) is 26.3. The Balaban J connectivity index is 1.92. The first-order valence-electron chi connectivity index (χ1n) is 7.63. The van der Waals surface area contributed by atoms with Crippen molar-refractivity contribution in [1.82, 2.24) is 4.90 Å². The molecule has 1 aromatic rings. The van der Waals surface area contributed by atoms with Crippen LogP contribution in [0.1, 0.15) is 48.8 Å². The Morgan fingerprint density at radius 2 is 1.91 bits per heavy atom. The molecule has 0 radical (unpaired) electrons. The quantitative estimate of drug-likeness (QED) is 0.767. The summed E-state index contributed by atoms with van der Waals surface area (Å²) in [5, 5.41) is 1.80. The first kappa shape index (κ1) is 17.5. The second-order valence-electron chi connectivity index (χ2n) is 6.50. The van der Waals surface area contributed by atoms with Crippen molar-refractivity contribution >= 4 is 29.5 Å². The van der Waals surface area contributed by atoms with E-state index in [1.807, 2.05) is 26.8 Å². The predicted octanol–water partition coefficient (Wildman–Crippen LogP) is 3.95. The van der Waals surface area contributed by atoms with Gasteiger partial charge < -0.3 is 14.4 Å². The SMILES string of the molecule is COC(=O)c1csc(C=C2CCN(C(=O)OC(C)(C)C)CC2)c1. The first-order chi connectivity index (χ1) is 10.8. The van der Waals surface area contributed by atoms with Crippen molar-refractivity contribution in [3.8, 4) is 0 Å². The average molecular weight is 337 g/mol. The minimum Gasteiger partial charge on any atom is -0.465 e. The fraction of sp³-hybridized carbons (Fsp3) is 0.529. The monoisotopic (exact) mass is 337 g/mol. The van der Waals surface area contributed by atoms with Gasteiger partial charge in [0, 0.05) is 23.3 Å². The Labute approximate surface area is 140 Å². The van der Waals surface area contributed by atoms with Crippen LogP contribution in [0.15, 0.2) is 17.0 Å². The Morgan fingerprint density at radius 1 is 1.26 bits per heavy atom. The molecular formula is C17H23NO4S. The number of esters is 1. The molecule has 1 aliphatic rings. The highest BCUT2D eigenvalue weighted by Crippen LogP contribution is 2.24. The van der Waals surface area contributed by atoms with Gasteiger partial charge in [0.25, 0.3) is 0 Å². The van der Waals surface area contributed by atoms with Gasteiger partial charge in [0.15, 0.2) is 0 Å². The number of likely N-dealkylation sites (tertiary alicyclic amines) is 1. The molecule has 1 fully saturated rings. The maximum absolute atomic E-state index is 12.0.